The highest BCUT2D eigenvalue weighted by Crippen LogP contribution is 2.19. The Balaban J connectivity index is 1.97. The number of rotatable bonds is 3. The quantitative estimate of drug-likeness (QED) is 0.848. The molecule has 3 N–H and O–H groups in total. The van der Waals surface area contributed by atoms with Crippen LogP contribution in [0.1, 0.15) is 24.2 Å². The molecule has 0 radical (unpaired) electrons. The summed E-state index contributed by atoms with van der Waals surface area (Å²) in [4.78, 5) is 11.0. The van der Waals surface area contributed by atoms with Gasteiger partial charge in [0.25, 0.3) is 0 Å². The average molecular weight is 249 g/mol. The Kier molecular flexibility index (Phi) is 4.01. The maximum Gasteiger partial charge on any atom is 0.134 e. The molecule has 5 nitrogen and oxygen atoms in total. The smallest absolute Gasteiger partial charge is 0.134 e. The first-order chi connectivity index (χ1) is 8.56. The number of anilines is 2. The minimum Gasteiger partial charge on any atom is -0.383 e. The summed E-state index contributed by atoms with van der Waals surface area (Å²) in [6.45, 7) is 7.17. The first kappa shape index (κ1) is 13.1. The van der Waals surface area contributed by atoms with E-state index in [9.17, 15) is 0 Å². The van der Waals surface area contributed by atoms with Crippen molar-refractivity contribution in [3.05, 3.63) is 11.4 Å². The van der Waals surface area contributed by atoms with Crippen LogP contribution >= 0.6 is 0 Å². The number of nitrogens with one attached hydrogen (secondary N) is 1. The van der Waals surface area contributed by atoms with E-state index < -0.39 is 0 Å². The second-order valence-electron chi connectivity index (χ2n) is 5.28. The number of hydrogen-bond donors (Lipinski definition) is 2. The van der Waals surface area contributed by atoms with Gasteiger partial charge in [0.15, 0.2) is 0 Å². The molecule has 0 spiro atoms. The first-order valence-corrected chi connectivity index (χ1v) is 6.59. The van der Waals surface area contributed by atoms with Gasteiger partial charge >= 0.3 is 0 Å². The Morgan fingerprint density at radius 2 is 2.17 bits per heavy atom. The van der Waals surface area contributed by atoms with Crippen LogP contribution in [-0.4, -0.2) is 41.5 Å². The van der Waals surface area contributed by atoms with Crippen molar-refractivity contribution in [2.24, 2.45) is 5.92 Å². The molecule has 0 saturated carbocycles. The highest BCUT2D eigenvalue weighted by molar-refractivity contribution is 5.54. The fourth-order valence-corrected chi connectivity index (χ4v) is 2.50. The van der Waals surface area contributed by atoms with Crippen molar-refractivity contribution in [1.29, 1.82) is 0 Å². The van der Waals surface area contributed by atoms with E-state index in [0.717, 1.165) is 30.3 Å². The number of likely N-dealkylation sites (tertiary alicyclic amines) is 1. The van der Waals surface area contributed by atoms with Crippen LogP contribution in [0, 0.1) is 19.8 Å². The SMILES string of the molecule is Cc1nc(N)c(C)c(NCC2CCCN(C)C2)n1. The van der Waals surface area contributed by atoms with Gasteiger partial charge in [0.2, 0.25) is 0 Å². The molecule has 0 aromatic carbocycles. The molecule has 0 aliphatic carbocycles. The fraction of sp³-hybridized carbons (Fsp3) is 0.692. The van der Waals surface area contributed by atoms with Crippen molar-refractivity contribution in [3.63, 3.8) is 0 Å². The minimum atomic E-state index is 0.575. The van der Waals surface area contributed by atoms with E-state index in [-0.39, 0.29) is 0 Å². The number of nitrogen functional groups attached to an aromatic ring is 1. The summed E-state index contributed by atoms with van der Waals surface area (Å²) in [5.41, 5.74) is 6.80. The summed E-state index contributed by atoms with van der Waals surface area (Å²) in [5, 5.41) is 3.43. The third-order valence-electron chi connectivity index (χ3n) is 3.58. The Morgan fingerprint density at radius 3 is 2.89 bits per heavy atom. The lowest BCUT2D eigenvalue weighted by Gasteiger charge is -2.30. The molecule has 1 fully saturated rings. The standard InChI is InChI=1S/C13H23N5/c1-9-12(14)16-10(2)17-13(9)15-7-11-5-4-6-18(3)8-11/h11H,4-8H2,1-3H3,(H3,14,15,16,17). The Hall–Kier alpha value is -1.36. The molecule has 1 aliphatic rings. The van der Waals surface area contributed by atoms with Gasteiger partial charge in [0.05, 0.1) is 0 Å². The van der Waals surface area contributed by atoms with Crippen LogP contribution in [-0.2, 0) is 0 Å². The zero-order valence-electron chi connectivity index (χ0n) is 11.5. The molecule has 1 atom stereocenters. The molecular weight excluding hydrogens is 226 g/mol. The summed E-state index contributed by atoms with van der Waals surface area (Å²) in [7, 11) is 2.18. The predicted octanol–water partition coefficient (Wildman–Crippen LogP) is 1.43. The molecule has 1 aromatic rings. The lowest BCUT2D eigenvalue weighted by atomic mass is 9.98. The lowest BCUT2D eigenvalue weighted by Crippen LogP contribution is -2.35. The normalized spacial score (nSPS) is 20.9. The van der Waals surface area contributed by atoms with Gasteiger partial charge in [-0.1, -0.05) is 0 Å². The van der Waals surface area contributed by atoms with Gasteiger partial charge < -0.3 is 16.0 Å². The molecule has 1 aromatic heterocycles. The molecule has 2 rings (SSSR count). The third-order valence-corrected chi connectivity index (χ3v) is 3.58. The van der Waals surface area contributed by atoms with E-state index in [0.29, 0.717) is 11.7 Å². The maximum absolute atomic E-state index is 5.85. The summed E-state index contributed by atoms with van der Waals surface area (Å²) in [6, 6.07) is 0. The summed E-state index contributed by atoms with van der Waals surface area (Å²) in [6.07, 6.45) is 2.57. The van der Waals surface area contributed by atoms with Gasteiger partial charge in [-0.25, -0.2) is 9.97 Å². The molecule has 0 amide bonds. The minimum absolute atomic E-state index is 0.575. The van der Waals surface area contributed by atoms with Crippen molar-refractivity contribution in [3.8, 4) is 0 Å². The van der Waals surface area contributed by atoms with Crippen molar-refractivity contribution in [1.82, 2.24) is 14.9 Å². The first-order valence-electron chi connectivity index (χ1n) is 6.59. The second kappa shape index (κ2) is 5.52. The van der Waals surface area contributed by atoms with E-state index in [2.05, 4.69) is 27.2 Å². The molecule has 1 aliphatic heterocycles. The molecule has 2 heterocycles. The van der Waals surface area contributed by atoms with E-state index in [1.54, 1.807) is 0 Å². The second-order valence-corrected chi connectivity index (χ2v) is 5.28. The van der Waals surface area contributed by atoms with Crippen LogP contribution in [0.5, 0.6) is 0 Å². The molecule has 1 unspecified atom stereocenters. The fourth-order valence-electron chi connectivity index (χ4n) is 2.50. The molecule has 1 saturated heterocycles. The highest BCUT2D eigenvalue weighted by atomic mass is 15.1. The van der Waals surface area contributed by atoms with Gasteiger partial charge in [0.1, 0.15) is 17.5 Å². The zero-order valence-corrected chi connectivity index (χ0v) is 11.5. The lowest BCUT2D eigenvalue weighted by molar-refractivity contribution is 0.217. The number of hydrogen-bond acceptors (Lipinski definition) is 5. The predicted molar refractivity (Wildman–Crippen MR) is 74.6 cm³/mol. The van der Waals surface area contributed by atoms with E-state index >= 15 is 0 Å². The summed E-state index contributed by atoms with van der Waals surface area (Å²) >= 11 is 0. The molecule has 0 bridgehead atoms. The van der Waals surface area contributed by atoms with Gasteiger partial charge in [-0.2, -0.15) is 0 Å². The Bertz CT molecular complexity index is 418. The van der Waals surface area contributed by atoms with Crippen LogP contribution in [0.25, 0.3) is 0 Å². The van der Waals surface area contributed by atoms with Crippen molar-refractivity contribution < 1.29 is 0 Å². The molecule has 5 heteroatoms. The largest absolute Gasteiger partial charge is 0.383 e. The maximum atomic E-state index is 5.85. The molecule has 18 heavy (non-hydrogen) atoms. The van der Waals surface area contributed by atoms with Crippen molar-refractivity contribution in [2.75, 3.05) is 37.7 Å². The Labute approximate surface area is 109 Å². The van der Waals surface area contributed by atoms with Crippen LogP contribution in [0.2, 0.25) is 0 Å². The van der Waals surface area contributed by atoms with Gasteiger partial charge in [0, 0.05) is 18.7 Å². The van der Waals surface area contributed by atoms with E-state index in [4.69, 9.17) is 5.73 Å². The van der Waals surface area contributed by atoms with Crippen molar-refractivity contribution in [2.45, 2.75) is 26.7 Å². The van der Waals surface area contributed by atoms with E-state index in [1.807, 2.05) is 13.8 Å². The monoisotopic (exact) mass is 249 g/mol. The number of nitrogens with zero attached hydrogens (tertiary/aromatic N) is 3. The van der Waals surface area contributed by atoms with Gasteiger partial charge in [-0.15, -0.1) is 0 Å². The summed E-state index contributed by atoms with van der Waals surface area (Å²) < 4.78 is 0. The number of aromatic nitrogens is 2. The van der Waals surface area contributed by atoms with Crippen molar-refractivity contribution >= 4 is 11.6 Å². The van der Waals surface area contributed by atoms with Gasteiger partial charge in [-0.3, -0.25) is 0 Å². The average Bonchev–Trinajstić information content (AvgIpc) is 2.32. The van der Waals surface area contributed by atoms with Crippen LogP contribution in [0.3, 0.4) is 0 Å². The third kappa shape index (κ3) is 3.10. The summed E-state index contributed by atoms with van der Waals surface area (Å²) in [5.74, 6) is 2.87. The number of aryl methyl sites for hydroxylation is 1. The van der Waals surface area contributed by atoms with Crippen LogP contribution < -0.4 is 11.1 Å². The number of nitrogens with two attached hydrogens (primary N) is 1. The molecular formula is C13H23N5. The van der Waals surface area contributed by atoms with Crippen LogP contribution in [0.15, 0.2) is 0 Å². The molecule has 100 valence electrons. The topological polar surface area (TPSA) is 67.1 Å². The van der Waals surface area contributed by atoms with E-state index in [1.165, 1.54) is 19.4 Å². The Morgan fingerprint density at radius 1 is 1.39 bits per heavy atom. The van der Waals surface area contributed by atoms with Crippen LogP contribution in [0.4, 0.5) is 11.6 Å². The zero-order chi connectivity index (χ0) is 13.1. The van der Waals surface area contributed by atoms with Gasteiger partial charge in [-0.05, 0) is 46.2 Å². The number of piperidine rings is 1. The highest BCUT2D eigenvalue weighted by Gasteiger charge is 2.17.